The van der Waals surface area contributed by atoms with Gasteiger partial charge in [0.25, 0.3) is 0 Å². The molecule has 0 unspecified atom stereocenters. The molecule has 0 aromatic heterocycles. The van der Waals surface area contributed by atoms with Gasteiger partial charge in [-0.25, -0.2) is 0 Å². The molecule has 0 aliphatic carbocycles. The molecule has 0 amide bonds. The first-order chi connectivity index (χ1) is 8.10. The van der Waals surface area contributed by atoms with Crippen LogP contribution < -0.4 is 5.73 Å². The summed E-state index contributed by atoms with van der Waals surface area (Å²) < 4.78 is 5.89. The normalized spacial score (nSPS) is 13.8. The first-order valence-electron chi connectivity index (χ1n) is 5.40. The van der Waals surface area contributed by atoms with E-state index in [0.29, 0.717) is 6.61 Å². The predicted molar refractivity (Wildman–Crippen MR) is 71.7 cm³/mol. The van der Waals surface area contributed by atoms with E-state index in [2.05, 4.69) is 22.5 Å². The van der Waals surface area contributed by atoms with Gasteiger partial charge in [-0.3, -0.25) is 4.79 Å². The van der Waals surface area contributed by atoms with Gasteiger partial charge in [-0.05, 0) is 24.6 Å². The third-order valence-corrected chi connectivity index (χ3v) is 2.98. The zero-order chi connectivity index (χ0) is 12.8. The number of benzene rings is 1. The standard InChI is InChI=1S/C13H16BrNO2/c1-3-11(12(15)13(16)17-4-2)9-5-7-10(14)8-6-9/h3,5-8,11-12H,1,4,15H2,2H3/t11-,12-/m0/s1. The second-order valence-electron chi connectivity index (χ2n) is 3.59. The van der Waals surface area contributed by atoms with Crippen molar-refractivity contribution in [3.05, 3.63) is 47.0 Å². The summed E-state index contributed by atoms with van der Waals surface area (Å²) in [5.41, 5.74) is 6.82. The number of nitrogens with two attached hydrogens (primary N) is 1. The predicted octanol–water partition coefficient (Wildman–Crippen LogP) is 2.61. The molecule has 0 saturated heterocycles. The number of rotatable bonds is 5. The van der Waals surface area contributed by atoms with E-state index in [9.17, 15) is 4.79 Å². The Morgan fingerprint density at radius 2 is 2.12 bits per heavy atom. The van der Waals surface area contributed by atoms with Crippen LogP contribution in [0.15, 0.2) is 41.4 Å². The Morgan fingerprint density at radius 3 is 2.59 bits per heavy atom. The van der Waals surface area contributed by atoms with E-state index < -0.39 is 12.0 Å². The number of hydrogen-bond acceptors (Lipinski definition) is 3. The number of carbonyl (C=O) groups excluding carboxylic acids is 1. The highest BCUT2D eigenvalue weighted by molar-refractivity contribution is 9.10. The minimum atomic E-state index is -0.714. The number of esters is 1. The summed E-state index contributed by atoms with van der Waals surface area (Å²) in [5.74, 6) is -0.637. The summed E-state index contributed by atoms with van der Waals surface area (Å²) >= 11 is 3.36. The second kappa shape index (κ2) is 6.57. The summed E-state index contributed by atoms with van der Waals surface area (Å²) in [5, 5.41) is 0. The lowest BCUT2D eigenvalue weighted by Crippen LogP contribution is -2.37. The number of halogens is 1. The van der Waals surface area contributed by atoms with Crippen LogP contribution in [-0.2, 0) is 9.53 Å². The monoisotopic (exact) mass is 297 g/mol. The Morgan fingerprint density at radius 1 is 1.53 bits per heavy atom. The maximum absolute atomic E-state index is 11.6. The molecule has 1 aromatic rings. The molecule has 0 saturated carbocycles. The highest BCUT2D eigenvalue weighted by Crippen LogP contribution is 2.22. The molecule has 0 aliphatic rings. The van der Waals surface area contributed by atoms with Crippen molar-refractivity contribution in [2.24, 2.45) is 5.73 Å². The van der Waals surface area contributed by atoms with Gasteiger partial charge in [0.15, 0.2) is 0 Å². The van der Waals surface area contributed by atoms with Crippen molar-refractivity contribution in [1.29, 1.82) is 0 Å². The van der Waals surface area contributed by atoms with Crippen molar-refractivity contribution in [2.45, 2.75) is 18.9 Å². The first-order valence-corrected chi connectivity index (χ1v) is 6.19. The molecular weight excluding hydrogens is 282 g/mol. The SMILES string of the molecule is C=C[C@@H](c1ccc(Br)cc1)[C@H](N)C(=O)OCC. The molecule has 0 fully saturated rings. The maximum atomic E-state index is 11.6. The lowest BCUT2D eigenvalue weighted by atomic mass is 9.92. The van der Waals surface area contributed by atoms with Crippen LogP contribution in [0.3, 0.4) is 0 Å². The molecular formula is C13H16BrNO2. The van der Waals surface area contributed by atoms with Gasteiger partial charge in [0.05, 0.1) is 6.61 Å². The maximum Gasteiger partial charge on any atom is 0.323 e. The van der Waals surface area contributed by atoms with E-state index in [0.717, 1.165) is 10.0 Å². The van der Waals surface area contributed by atoms with E-state index in [1.54, 1.807) is 13.0 Å². The lowest BCUT2D eigenvalue weighted by molar-refractivity contribution is -0.144. The Bertz CT molecular complexity index is 389. The number of carbonyl (C=O) groups is 1. The molecule has 1 rings (SSSR count). The smallest absolute Gasteiger partial charge is 0.323 e. The lowest BCUT2D eigenvalue weighted by Gasteiger charge is -2.19. The minimum Gasteiger partial charge on any atom is -0.465 e. The van der Waals surface area contributed by atoms with Gasteiger partial charge in [0.1, 0.15) is 6.04 Å². The van der Waals surface area contributed by atoms with Gasteiger partial charge in [-0.2, -0.15) is 0 Å². The molecule has 4 heteroatoms. The van der Waals surface area contributed by atoms with Crippen LogP contribution in [0.1, 0.15) is 18.4 Å². The topological polar surface area (TPSA) is 52.3 Å². The molecule has 0 spiro atoms. The Labute approximate surface area is 110 Å². The van der Waals surface area contributed by atoms with Gasteiger partial charge in [0, 0.05) is 10.4 Å². The van der Waals surface area contributed by atoms with E-state index in [-0.39, 0.29) is 5.92 Å². The second-order valence-corrected chi connectivity index (χ2v) is 4.51. The van der Waals surface area contributed by atoms with Crippen LogP contribution in [0.5, 0.6) is 0 Å². The van der Waals surface area contributed by atoms with Crippen molar-refractivity contribution < 1.29 is 9.53 Å². The molecule has 0 heterocycles. The summed E-state index contributed by atoms with van der Waals surface area (Å²) in [6.45, 7) is 5.81. The molecule has 0 bridgehead atoms. The van der Waals surface area contributed by atoms with Crippen molar-refractivity contribution in [3.63, 3.8) is 0 Å². The molecule has 17 heavy (non-hydrogen) atoms. The van der Waals surface area contributed by atoms with Crippen molar-refractivity contribution in [2.75, 3.05) is 6.61 Å². The Hall–Kier alpha value is -1.13. The fraction of sp³-hybridized carbons (Fsp3) is 0.308. The number of ether oxygens (including phenoxy) is 1. The summed E-state index contributed by atoms with van der Waals surface area (Å²) in [4.78, 5) is 11.6. The fourth-order valence-electron chi connectivity index (χ4n) is 1.56. The van der Waals surface area contributed by atoms with Crippen molar-refractivity contribution in [1.82, 2.24) is 0 Å². The Balaban J connectivity index is 2.87. The van der Waals surface area contributed by atoms with Gasteiger partial charge in [-0.1, -0.05) is 34.1 Å². The molecule has 1 aromatic carbocycles. The summed E-state index contributed by atoms with van der Waals surface area (Å²) in [6.07, 6.45) is 1.67. The van der Waals surface area contributed by atoms with Gasteiger partial charge >= 0.3 is 5.97 Å². The fourth-order valence-corrected chi connectivity index (χ4v) is 1.82. The van der Waals surface area contributed by atoms with Crippen LogP contribution in [0.4, 0.5) is 0 Å². The van der Waals surface area contributed by atoms with Crippen LogP contribution >= 0.6 is 15.9 Å². The highest BCUT2D eigenvalue weighted by atomic mass is 79.9. The van der Waals surface area contributed by atoms with E-state index in [1.165, 1.54) is 0 Å². The average Bonchev–Trinajstić information content (AvgIpc) is 2.32. The first kappa shape index (κ1) is 13.9. The van der Waals surface area contributed by atoms with Gasteiger partial charge in [0.2, 0.25) is 0 Å². The molecule has 2 atom stereocenters. The van der Waals surface area contributed by atoms with Crippen LogP contribution in [0.2, 0.25) is 0 Å². The van der Waals surface area contributed by atoms with Crippen LogP contribution in [0, 0.1) is 0 Å². The minimum absolute atomic E-state index is 0.234. The summed E-state index contributed by atoms with van der Waals surface area (Å²) in [7, 11) is 0. The third-order valence-electron chi connectivity index (χ3n) is 2.45. The zero-order valence-corrected chi connectivity index (χ0v) is 11.3. The van der Waals surface area contributed by atoms with Crippen LogP contribution in [0.25, 0.3) is 0 Å². The van der Waals surface area contributed by atoms with E-state index in [1.807, 2.05) is 24.3 Å². The highest BCUT2D eigenvalue weighted by Gasteiger charge is 2.24. The number of hydrogen-bond donors (Lipinski definition) is 1. The largest absolute Gasteiger partial charge is 0.465 e. The molecule has 2 N–H and O–H groups in total. The van der Waals surface area contributed by atoms with Crippen LogP contribution in [-0.4, -0.2) is 18.6 Å². The van der Waals surface area contributed by atoms with Gasteiger partial charge < -0.3 is 10.5 Å². The quantitative estimate of drug-likeness (QED) is 0.671. The molecule has 0 radical (unpaired) electrons. The molecule has 3 nitrogen and oxygen atoms in total. The Kier molecular flexibility index (Phi) is 5.38. The average molecular weight is 298 g/mol. The summed E-state index contributed by atoms with van der Waals surface area (Å²) in [6, 6.07) is 6.92. The van der Waals surface area contributed by atoms with E-state index in [4.69, 9.17) is 10.5 Å². The molecule has 0 aliphatic heterocycles. The van der Waals surface area contributed by atoms with Crippen molar-refractivity contribution >= 4 is 21.9 Å². The van der Waals surface area contributed by atoms with Crippen molar-refractivity contribution in [3.8, 4) is 0 Å². The van der Waals surface area contributed by atoms with Gasteiger partial charge in [-0.15, -0.1) is 6.58 Å². The molecule has 92 valence electrons. The zero-order valence-electron chi connectivity index (χ0n) is 9.73. The third kappa shape index (κ3) is 3.68. The van der Waals surface area contributed by atoms with E-state index >= 15 is 0 Å².